The quantitative estimate of drug-likeness (QED) is 0.354. The second-order valence-electron chi connectivity index (χ2n) is 6.97. The average Bonchev–Trinajstić information content (AvgIpc) is 3.30. The maximum Gasteiger partial charge on any atom is 0.301 e. The topological polar surface area (TPSA) is 92.9 Å². The number of hydrogen-bond acceptors (Lipinski definition) is 6. The number of carbonyl (C=O) groups is 2. The van der Waals surface area contributed by atoms with E-state index in [4.69, 9.17) is 20.9 Å². The molecule has 2 heterocycles. The Morgan fingerprint density at radius 1 is 1.16 bits per heavy atom. The Morgan fingerprint density at radius 3 is 2.42 bits per heavy atom. The third kappa shape index (κ3) is 3.80. The summed E-state index contributed by atoms with van der Waals surface area (Å²) in [6, 6.07) is 14.0. The molecule has 0 spiro atoms. The first-order valence-electron chi connectivity index (χ1n) is 9.63. The van der Waals surface area contributed by atoms with Gasteiger partial charge in [-0.05, 0) is 55.8 Å². The summed E-state index contributed by atoms with van der Waals surface area (Å²) in [7, 11) is 0. The number of halogens is 1. The monoisotopic (exact) mass is 438 g/mol. The maximum absolute atomic E-state index is 13.0. The van der Waals surface area contributed by atoms with Crippen LogP contribution in [0, 0.1) is 6.92 Å². The third-order valence-corrected chi connectivity index (χ3v) is 5.18. The molecule has 1 aliphatic heterocycles. The third-order valence-electron chi connectivity index (χ3n) is 4.93. The number of aliphatic hydroxyl groups excluding tert-OH is 1. The van der Waals surface area contributed by atoms with Crippen molar-refractivity contribution < 1.29 is 24.0 Å². The van der Waals surface area contributed by atoms with Crippen LogP contribution in [0.15, 0.2) is 64.7 Å². The molecule has 0 aliphatic carbocycles. The fourth-order valence-electron chi connectivity index (χ4n) is 3.53. The molecule has 1 atom stereocenters. The van der Waals surface area contributed by atoms with E-state index in [0.717, 1.165) is 0 Å². The van der Waals surface area contributed by atoms with Gasteiger partial charge < -0.3 is 14.4 Å². The van der Waals surface area contributed by atoms with Gasteiger partial charge in [0, 0.05) is 16.7 Å². The highest BCUT2D eigenvalue weighted by atomic mass is 35.5. The van der Waals surface area contributed by atoms with Gasteiger partial charge >= 0.3 is 5.91 Å². The van der Waals surface area contributed by atoms with Gasteiger partial charge in [0.1, 0.15) is 17.3 Å². The number of nitrogens with zero attached hydrogens (tertiary/aromatic N) is 2. The van der Waals surface area contributed by atoms with Crippen LogP contribution in [-0.2, 0) is 9.59 Å². The number of benzene rings is 2. The Labute approximate surface area is 183 Å². The van der Waals surface area contributed by atoms with Crippen molar-refractivity contribution in [3.63, 3.8) is 0 Å². The second kappa shape index (κ2) is 8.28. The first kappa shape index (κ1) is 20.7. The minimum Gasteiger partial charge on any atom is -0.507 e. The maximum atomic E-state index is 13.0. The number of ketones is 1. The van der Waals surface area contributed by atoms with Crippen molar-refractivity contribution in [3.8, 4) is 5.75 Å². The molecule has 4 rings (SSSR count). The van der Waals surface area contributed by atoms with Crippen LogP contribution >= 0.6 is 11.6 Å². The highest BCUT2D eigenvalue weighted by molar-refractivity contribution is 6.51. The number of carbonyl (C=O) groups excluding carboxylic acids is 2. The summed E-state index contributed by atoms with van der Waals surface area (Å²) in [5, 5.41) is 15.4. The number of hydrogen-bond donors (Lipinski definition) is 1. The molecule has 0 bridgehead atoms. The minimum atomic E-state index is -0.893. The lowest BCUT2D eigenvalue weighted by atomic mass is 9.95. The summed E-state index contributed by atoms with van der Waals surface area (Å²) in [4.78, 5) is 27.2. The van der Waals surface area contributed by atoms with Crippen molar-refractivity contribution in [2.24, 2.45) is 0 Å². The fraction of sp³-hybridized carbons (Fsp3) is 0.174. The van der Waals surface area contributed by atoms with Gasteiger partial charge in [-0.3, -0.25) is 14.5 Å². The van der Waals surface area contributed by atoms with Crippen molar-refractivity contribution in [2.75, 3.05) is 11.5 Å². The van der Waals surface area contributed by atoms with E-state index in [9.17, 15) is 14.7 Å². The predicted octanol–water partition coefficient (Wildman–Crippen LogP) is 4.66. The van der Waals surface area contributed by atoms with E-state index in [1.165, 1.54) is 4.90 Å². The summed E-state index contributed by atoms with van der Waals surface area (Å²) in [6.45, 7) is 4.07. The lowest BCUT2D eigenvalue weighted by molar-refractivity contribution is -0.132. The van der Waals surface area contributed by atoms with E-state index in [0.29, 0.717) is 34.3 Å². The molecule has 0 unspecified atom stereocenters. The van der Waals surface area contributed by atoms with Crippen LogP contribution in [0.25, 0.3) is 5.76 Å². The first-order valence-corrected chi connectivity index (χ1v) is 10.0. The van der Waals surface area contributed by atoms with E-state index < -0.39 is 17.7 Å². The smallest absolute Gasteiger partial charge is 0.301 e. The van der Waals surface area contributed by atoms with Gasteiger partial charge in [0.2, 0.25) is 0 Å². The van der Waals surface area contributed by atoms with Crippen LogP contribution in [0.2, 0.25) is 5.02 Å². The van der Waals surface area contributed by atoms with Gasteiger partial charge in [-0.1, -0.05) is 28.9 Å². The number of ether oxygens (including phenoxy) is 1. The predicted molar refractivity (Wildman–Crippen MR) is 115 cm³/mol. The van der Waals surface area contributed by atoms with Gasteiger partial charge in [0.25, 0.3) is 5.78 Å². The van der Waals surface area contributed by atoms with Crippen LogP contribution < -0.4 is 9.64 Å². The number of aliphatic hydroxyl groups is 1. The molecule has 7 nitrogen and oxygen atoms in total. The fourth-order valence-corrected chi connectivity index (χ4v) is 3.65. The molecule has 1 amide bonds. The van der Waals surface area contributed by atoms with Crippen LogP contribution in [0.1, 0.15) is 29.9 Å². The molecule has 1 fully saturated rings. The number of Topliss-reactive ketones (excluding diaryl/α,β-unsaturated/α-hetero) is 1. The molecular formula is C23H19ClN2O5. The number of anilines is 1. The van der Waals surface area contributed by atoms with Gasteiger partial charge in [-0.25, -0.2) is 0 Å². The Bertz CT molecular complexity index is 1170. The van der Waals surface area contributed by atoms with Gasteiger partial charge in [0.15, 0.2) is 5.82 Å². The largest absolute Gasteiger partial charge is 0.507 e. The summed E-state index contributed by atoms with van der Waals surface area (Å²) in [6.07, 6.45) is 0. The summed E-state index contributed by atoms with van der Waals surface area (Å²) in [5.74, 6) is -0.585. The molecule has 158 valence electrons. The molecular weight excluding hydrogens is 420 g/mol. The van der Waals surface area contributed by atoms with Gasteiger partial charge in [-0.15, -0.1) is 0 Å². The SMILES string of the molecule is CCOc1ccc([C@@H]2C(=C(O)c3ccc(Cl)cc3)C(=O)C(=O)N2c2cc(C)on2)cc1. The molecule has 1 aromatic heterocycles. The summed E-state index contributed by atoms with van der Waals surface area (Å²) < 4.78 is 10.6. The highest BCUT2D eigenvalue weighted by Crippen LogP contribution is 2.42. The van der Waals surface area contributed by atoms with E-state index in [-0.39, 0.29) is 17.2 Å². The highest BCUT2D eigenvalue weighted by Gasteiger charge is 2.48. The summed E-state index contributed by atoms with van der Waals surface area (Å²) >= 11 is 5.94. The number of amides is 1. The lowest BCUT2D eigenvalue weighted by Gasteiger charge is -2.23. The second-order valence-corrected chi connectivity index (χ2v) is 7.41. The summed E-state index contributed by atoms with van der Waals surface area (Å²) in [5.41, 5.74) is 0.936. The van der Waals surface area contributed by atoms with Gasteiger partial charge in [0.05, 0.1) is 18.2 Å². The van der Waals surface area contributed by atoms with Crippen molar-refractivity contribution in [2.45, 2.75) is 19.9 Å². The Morgan fingerprint density at radius 2 is 1.84 bits per heavy atom. The zero-order valence-electron chi connectivity index (χ0n) is 16.8. The van der Waals surface area contributed by atoms with Crippen molar-refractivity contribution in [3.05, 3.63) is 82.1 Å². The molecule has 1 aliphatic rings. The first-order chi connectivity index (χ1) is 14.9. The zero-order chi connectivity index (χ0) is 22.1. The number of aromatic nitrogens is 1. The normalized spacial score (nSPS) is 17.9. The molecule has 0 radical (unpaired) electrons. The minimum absolute atomic E-state index is 0.0443. The molecule has 2 aromatic carbocycles. The lowest BCUT2D eigenvalue weighted by Crippen LogP contribution is -2.29. The Kier molecular flexibility index (Phi) is 5.52. The van der Waals surface area contributed by atoms with E-state index in [1.807, 2.05) is 6.92 Å². The molecule has 31 heavy (non-hydrogen) atoms. The Hall–Kier alpha value is -3.58. The van der Waals surface area contributed by atoms with Crippen molar-refractivity contribution in [1.82, 2.24) is 5.16 Å². The standard InChI is InChI=1S/C23H19ClN2O5/c1-3-30-17-10-6-14(7-11-17)20-19(21(27)15-4-8-16(24)9-5-15)22(28)23(29)26(20)18-12-13(2)31-25-18/h4-12,20,27H,3H2,1-2H3/t20-/m1/s1. The average molecular weight is 439 g/mol. The van der Waals surface area contributed by atoms with E-state index in [1.54, 1.807) is 61.5 Å². The van der Waals surface area contributed by atoms with Crippen molar-refractivity contribution >= 4 is 34.9 Å². The van der Waals surface area contributed by atoms with Crippen LogP contribution in [0.3, 0.4) is 0 Å². The van der Waals surface area contributed by atoms with E-state index >= 15 is 0 Å². The number of rotatable bonds is 5. The van der Waals surface area contributed by atoms with Crippen LogP contribution in [0.5, 0.6) is 5.75 Å². The Balaban J connectivity index is 1.89. The molecule has 1 N–H and O–H groups in total. The molecule has 0 saturated carbocycles. The van der Waals surface area contributed by atoms with Gasteiger partial charge in [-0.2, -0.15) is 0 Å². The molecule has 3 aromatic rings. The molecule has 1 saturated heterocycles. The van der Waals surface area contributed by atoms with Crippen molar-refractivity contribution in [1.29, 1.82) is 0 Å². The number of aryl methyl sites for hydroxylation is 1. The van der Waals surface area contributed by atoms with E-state index in [2.05, 4.69) is 5.16 Å². The molecule has 8 heteroatoms. The van der Waals surface area contributed by atoms with Crippen LogP contribution in [0.4, 0.5) is 5.82 Å². The zero-order valence-corrected chi connectivity index (χ0v) is 17.6. The van der Waals surface area contributed by atoms with Crippen LogP contribution in [-0.4, -0.2) is 28.6 Å².